The third-order valence-corrected chi connectivity index (χ3v) is 2.28. The minimum absolute atomic E-state index is 0.154. The fourth-order valence-electron chi connectivity index (χ4n) is 1.18. The molecular weight excluding hydrogens is 205 g/mol. The van der Waals surface area contributed by atoms with Crippen LogP contribution in [0.25, 0.3) is 6.08 Å². The van der Waals surface area contributed by atoms with Gasteiger partial charge in [-0.3, -0.25) is 4.79 Å². The first-order chi connectivity index (χ1) is 7.61. The van der Waals surface area contributed by atoms with Gasteiger partial charge in [0.1, 0.15) is 5.82 Å². The van der Waals surface area contributed by atoms with Gasteiger partial charge in [-0.05, 0) is 37.1 Å². The van der Waals surface area contributed by atoms with E-state index in [1.54, 1.807) is 18.2 Å². The maximum atomic E-state index is 12.8. The first kappa shape index (κ1) is 12.4. The van der Waals surface area contributed by atoms with Crippen LogP contribution >= 0.6 is 0 Å². The summed E-state index contributed by atoms with van der Waals surface area (Å²) in [4.78, 5) is 11.4. The Hall–Kier alpha value is -1.64. The largest absolute Gasteiger partial charge is 0.350 e. The molecule has 1 rings (SSSR count). The standard InChI is InChI=1S/C13H16FNO/c1-3-10(2)15-13(16)8-7-11-5-4-6-12(14)9-11/h4-10H,3H2,1-2H3,(H,15,16)/b8-7+. The number of nitrogens with one attached hydrogen (secondary N) is 1. The topological polar surface area (TPSA) is 29.1 Å². The monoisotopic (exact) mass is 221 g/mol. The summed E-state index contributed by atoms with van der Waals surface area (Å²) in [5, 5.41) is 2.79. The van der Waals surface area contributed by atoms with Crippen molar-refractivity contribution >= 4 is 12.0 Å². The lowest BCUT2D eigenvalue weighted by molar-refractivity contribution is -0.117. The number of benzene rings is 1. The molecule has 0 aromatic heterocycles. The second-order valence-electron chi connectivity index (χ2n) is 3.71. The maximum Gasteiger partial charge on any atom is 0.244 e. The fourth-order valence-corrected chi connectivity index (χ4v) is 1.18. The second kappa shape index (κ2) is 6.05. The molecule has 2 nitrogen and oxygen atoms in total. The Morgan fingerprint density at radius 2 is 2.31 bits per heavy atom. The predicted molar refractivity (Wildman–Crippen MR) is 63.3 cm³/mol. The summed E-state index contributed by atoms with van der Waals surface area (Å²) in [6.07, 6.45) is 3.90. The number of rotatable bonds is 4. The molecule has 0 spiro atoms. The molecule has 1 atom stereocenters. The van der Waals surface area contributed by atoms with Gasteiger partial charge in [-0.15, -0.1) is 0 Å². The van der Waals surface area contributed by atoms with Crippen molar-refractivity contribution in [1.82, 2.24) is 5.32 Å². The Kier molecular flexibility index (Phi) is 4.70. The normalized spacial score (nSPS) is 12.7. The van der Waals surface area contributed by atoms with Crippen molar-refractivity contribution in [1.29, 1.82) is 0 Å². The van der Waals surface area contributed by atoms with Gasteiger partial charge >= 0.3 is 0 Å². The SMILES string of the molecule is CCC(C)NC(=O)/C=C/c1cccc(F)c1. The minimum atomic E-state index is -0.301. The Morgan fingerprint density at radius 1 is 1.56 bits per heavy atom. The van der Waals surface area contributed by atoms with E-state index in [0.717, 1.165) is 6.42 Å². The van der Waals surface area contributed by atoms with Gasteiger partial charge in [-0.2, -0.15) is 0 Å². The minimum Gasteiger partial charge on any atom is -0.350 e. The number of carbonyl (C=O) groups excluding carboxylic acids is 1. The van der Waals surface area contributed by atoms with Gasteiger partial charge in [0.2, 0.25) is 5.91 Å². The van der Waals surface area contributed by atoms with E-state index < -0.39 is 0 Å². The molecule has 1 aromatic rings. The van der Waals surface area contributed by atoms with Crippen LogP contribution in [0.15, 0.2) is 30.3 Å². The van der Waals surface area contributed by atoms with Crippen LogP contribution in [0.3, 0.4) is 0 Å². The third-order valence-electron chi connectivity index (χ3n) is 2.28. The van der Waals surface area contributed by atoms with E-state index in [2.05, 4.69) is 5.32 Å². The van der Waals surface area contributed by atoms with Crippen LogP contribution in [-0.4, -0.2) is 11.9 Å². The number of hydrogen-bond donors (Lipinski definition) is 1. The molecule has 0 bridgehead atoms. The molecule has 0 radical (unpaired) electrons. The van der Waals surface area contributed by atoms with Gasteiger partial charge in [0.25, 0.3) is 0 Å². The number of halogens is 1. The highest BCUT2D eigenvalue weighted by Crippen LogP contribution is 2.05. The second-order valence-corrected chi connectivity index (χ2v) is 3.71. The van der Waals surface area contributed by atoms with Crippen molar-refractivity contribution in [2.75, 3.05) is 0 Å². The fraction of sp³-hybridized carbons (Fsp3) is 0.308. The zero-order chi connectivity index (χ0) is 12.0. The van der Waals surface area contributed by atoms with E-state index >= 15 is 0 Å². The first-order valence-corrected chi connectivity index (χ1v) is 5.36. The molecule has 0 aliphatic heterocycles. The van der Waals surface area contributed by atoms with Crippen molar-refractivity contribution in [3.63, 3.8) is 0 Å². The van der Waals surface area contributed by atoms with Crippen molar-refractivity contribution < 1.29 is 9.18 Å². The van der Waals surface area contributed by atoms with Crippen LogP contribution in [0.1, 0.15) is 25.8 Å². The molecule has 0 aliphatic rings. The molecule has 3 heteroatoms. The molecule has 16 heavy (non-hydrogen) atoms. The van der Waals surface area contributed by atoms with E-state index in [1.165, 1.54) is 18.2 Å². The highest BCUT2D eigenvalue weighted by atomic mass is 19.1. The van der Waals surface area contributed by atoms with E-state index in [9.17, 15) is 9.18 Å². The molecule has 0 fully saturated rings. The highest BCUT2D eigenvalue weighted by Gasteiger charge is 2.00. The van der Waals surface area contributed by atoms with Crippen LogP contribution in [0.5, 0.6) is 0 Å². The summed E-state index contributed by atoms with van der Waals surface area (Å²) in [5.41, 5.74) is 0.680. The predicted octanol–water partition coefficient (Wildman–Crippen LogP) is 2.75. The van der Waals surface area contributed by atoms with Gasteiger partial charge in [0.15, 0.2) is 0 Å². The maximum absolute atomic E-state index is 12.8. The summed E-state index contributed by atoms with van der Waals surface area (Å²) in [5.74, 6) is -0.455. The number of hydrogen-bond acceptors (Lipinski definition) is 1. The average Bonchev–Trinajstić information content (AvgIpc) is 2.26. The van der Waals surface area contributed by atoms with Crippen molar-refractivity contribution in [3.05, 3.63) is 41.7 Å². The van der Waals surface area contributed by atoms with E-state index in [4.69, 9.17) is 0 Å². The zero-order valence-corrected chi connectivity index (χ0v) is 9.53. The van der Waals surface area contributed by atoms with Crippen LogP contribution in [-0.2, 0) is 4.79 Å². The first-order valence-electron chi connectivity index (χ1n) is 5.36. The van der Waals surface area contributed by atoms with Crippen molar-refractivity contribution in [2.24, 2.45) is 0 Å². The van der Waals surface area contributed by atoms with Gasteiger partial charge < -0.3 is 5.32 Å². The molecular formula is C13H16FNO. The Bertz CT molecular complexity index is 387. The molecule has 0 saturated heterocycles. The average molecular weight is 221 g/mol. The highest BCUT2D eigenvalue weighted by molar-refractivity contribution is 5.91. The Morgan fingerprint density at radius 3 is 2.94 bits per heavy atom. The van der Waals surface area contributed by atoms with Crippen LogP contribution in [0.4, 0.5) is 4.39 Å². The smallest absolute Gasteiger partial charge is 0.244 e. The number of amides is 1. The van der Waals surface area contributed by atoms with Crippen LogP contribution < -0.4 is 5.32 Å². The lowest BCUT2D eigenvalue weighted by atomic mass is 10.2. The summed E-state index contributed by atoms with van der Waals surface area (Å²) < 4.78 is 12.8. The lowest BCUT2D eigenvalue weighted by Crippen LogP contribution is -2.30. The Labute approximate surface area is 95.2 Å². The molecule has 86 valence electrons. The summed E-state index contributed by atoms with van der Waals surface area (Å²) in [6.45, 7) is 3.94. The molecule has 0 heterocycles. The number of carbonyl (C=O) groups is 1. The molecule has 1 amide bonds. The third kappa shape index (κ3) is 4.26. The summed E-state index contributed by atoms with van der Waals surface area (Å²) in [6, 6.07) is 6.27. The summed E-state index contributed by atoms with van der Waals surface area (Å²) in [7, 11) is 0. The van der Waals surface area contributed by atoms with E-state index in [0.29, 0.717) is 5.56 Å². The van der Waals surface area contributed by atoms with E-state index in [1.807, 2.05) is 13.8 Å². The summed E-state index contributed by atoms with van der Waals surface area (Å²) >= 11 is 0. The molecule has 0 aliphatic carbocycles. The zero-order valence-electron chi connectivity index (χ0n) is 9.53. The van der Waals surface area contributed by atoms with Gasteiger partial charge in [-0.1, -0.05) is 19.1 Å². The molecule has 0 saturated carbocycles. The molecule has 1 aromatic carbocycles. The van der Waals surface area contributed by atoms with Crippen molar-refractivity contribution in [2.45, 2.75) is 26.3 Å². The van der Waals surface area contributed by atoms with E-state index in [-0.39, 0.29) is 17.8 Å². The van der Waals surface area contributed by atoms with Crippen LogP contribution in [0.2, 0.25) is 0 Å². The lowest BCUT2D eigenvalue weighted by Gasteiger charge is -2.08. The quantitative estimate of drug-likeness (QED) is 0.778. The molecule has 1 unspecified atom stereocenters. The molecule has 1 N–H and O–H groups in total. The van der Waals surface area contributed by atoms with Gasteiger partial charge in [0, 0.05) is 12.1 Å². The van der Waals surface area contributed by atoms with Crippen molar-refractivity contribution in [3.8, 4) is 0 Å². The van der Waals surface area contributed by atoms with Crippen LogP contribution in [0, 0.1) is 5.82 Å². The Balaban J connectivity index is 2.56. The van der Waals surface area contributed by atoms with Gasteiger partial charge in [0.05, 0.1) is 0 Å². The van der Waals surface area contributed by atoms with Gasteiger partial charge in [-0.25, -0.2) is 4.39 Å².